The molecule has 112 valence electrons. The van der Waals surface area contributed by atoms with Crippen molar-refractivity contribution in [3.63, 3.8) is 0 Å². The van der Waals surface area contributed by atoms with Gasteiger partial charge in [0, 0.05) is 20.1 Å². The van der Waals surface area contributed by atoms with E-state index in [2.05, 4.69) is 5.32 Å². The zero-order valence-electron chi connectivity index (χ0n) is 11.4. The van der Waals surface area contributed by atoms with Gasteiger partial charge >= 0.3 is 0 Å². The molecule has 20 heavy (non-hydrogen) atoms. The summed E-state index contributed by atoms with van der Waals surface area (Å²) in [6, 6.07) is 5.50. The maximum Gasteiger partial charge on any atom is 0.227 e. The monoisotopic (exact) mass is 336 g/mol. The van der Waals surface area contributed by atoms with Gasteiger partial charge in [0.05, 0.1) is 16.0 Å². The van der Waals surface area contributed by atoms with Gasteiger partial charge in [-0.2, -0.15) is 0 Å². The van der Waals surface area contributed by atoms with Crippen LogP contribution in [0.2, 0.25) is 10.0 Å². The topological polar surface area (TPSA) is 32.3 Å². The summed E-state index contributed by atoms with van der Waals surface area (Å²) in [5.41, 5.74) is 0.883. The molecular weight excluding hydrogens is 319 g/mol. The number of carbonyl (C=O) groups excluding carboxylic acids is 1. The van der Waals surface area contributed by atoms with Crippen LogP contribution in [0.15, 0.2) is 18.2 Å². The van der Waals surface area contributed by atoms with Gasteiger partial charge < -0.3 is 10.2 Å². The Bertz CT molecular complexity index is 462. The van der Waals surface area contributed by atoms with E-state index < -0.39 is 0 Å². The van der Waals surface area contributed by atoms with Crippen LogP contribution in [0.5, 0.6) is 0 Å². The SMILES string of the molecule is CN(Cc1cccc(Cl)c1Cl)C(=O)C1CCCNC1.Cl. The number of halogens is 3. The van der Waals surface area contributed by atoms with Gasteiger partial charge in [-0.3, -0.25) is 4.79 Å². The van der Waals surface area contributed by atoms with Crippen LogP contribution in [0.25, 0.3) is 0 Å². The number of hydrogen-bond acceptors (Lipinski definition) is 2. The molecule has 0 aliphatic carbocycles. The summed E-state index contributed by atoms with van der Waals surface area (Å²) in [6.07, 6.45) is 2.02. The van der Waals surface area contributed by atoms with Crippen LogP contribution >= 0.6 is 35.6 Å². The molecule has 1 atom stereocenters. The summed E-state index contributed by atoms with van der Waals surface area (Å²) in [6.45, 7) is 2.27. The van der Waals surface area contributed by atoms with Gasteiger partial charge in [-0.1, -0.05) is 35.3 Å². The molecule has 0 bridgehead atoms. The van der Waals surface area contributed by atoms with Crippen molar-refractivity contribution in [3.8, 4) is 0 Å². The van der Waals surface area contributed by atoms with Crippen LogP contribution in [-0.4, -0.2) is 30.9 Å². The molecule has 0 spiro atoms. The van der Waals surface area contributed by atoms with E-state index in [0.717, 1.165) is 31.5 Å². The van der Waals surface area contributed by atoms with Gasteiger partial charge in [0.1, 0.15) is 0 Å². The third-order valence-electron chi connectivity index (χ3n) is 3.46. The Morgan fingerprint density at radius 1 is 1.45 bits per heavy atom. The third-order valence-corrected chi connectivity index (χ3v) is 4.32. The molecule has 1 aliphatic heterocycles. The smallest absolute Gasteiger partial charge is 0.227 e. The summed E-state index contributed by atoms with van der Waals surface area (Å²) >= 11 is 12.1. The number of hydrogen-bond donors (Lipinski definition) is 1. The minimum atomic E-state index is 0. The lowest BCUT2D eigenvalue weighted by Gasteiger charge is -2.27. The summed E-state index contributed by atoms with van der Waals surface area (Å²) in [5.74, 6) is 0.250. The summed E-state index contributed by atoms with van der Waals surface area (Å²) in [7, 11) is 1.81. The molecule has 1 aromatic rings. The molecule has 0 radical (unpaired) electrons. The zero-order chi connectivity index (χ0) is 13.8. The molecule has 6 heteroatoms. The van der Waals surface area contributed by atoms with E-state index in [4.69, 9.17) is 23.2 Å². The second-order valence-corrected chi connectivity index (χ2v) is 5.74. The molecule has 1 unspecified atom stereocenters. The molecule has 1 fully saturated rings. The lowest BCUT2D eigenvalue weighted by Crippen LogP contribution is -2.41. The first-order chi connectivity index (χ1) is 9.09. The largest absolute Gasteiger partial charge is 0.341 e. The van der Waals surface area contributed by atoms with Crippen LogP contribution in [0, 0.1) is 5.92 Å². The summed E-state index contributed by atoms with van der Waals surface area (Å²) in [5, 5.41) is 4.32. The van der Waals surface area contributed by atoms with Crippen molar-refractivity contribution >= 4 is 41.5 Å². The zero-order valence-corrected chi connectivity index (χ0v) is 13.7. The van der Waals surface area contributed by atoms with Crippen LogP contribution in [0.4, 0.5) is 0 Å². The number of nitrogens with one attached hydrogen (secondary N) is 1. The fraction of sp³-hybridized carbons (Fsp3) is 0.500. The highest BCUT2D eigenvalue weighted by Crippen LogP contribution is 2.26. The van der Waals surface area contributed by atoms with Gasteiger partial charge in [-0.25, -0.2) is 0 Å². The highest BCUT2D eigenvalue weighted by Gasteiger charge is 2.24. The molecule has 1 heterocycles. The maximum absolute atomic E-state index is 12.3. The third kappa shape index (κ3) is 4.26. The van der Waals surface area contributed by atoms with E-state index in [0.29, 0.717) is 16.6 Å². The van der Waals surface area contributed by atoms with Crippen molar-refractivity contribution in [1.82, 2.24) is 10.2 Å². The van der Waals surface area contributed by atoms with E-state index in [1.165, 1.54) is 0 Å². The minimum absolute atomic E-state index is 0. The van der Waals surface area contributed by atoms with Crippen LogP contribution in [0.1, 0.15) is 18.4 Å². The minimum Gasteiger partial charge on any atom is -0.341 e. The molecule has 1 amide bonds. The molecule has 1 saturated heterocycles. The van der Waals surface area contributed by atoms with Crippen molar-refractivity contribution in [3.05, 3.63) is 33.8 Å². The van der Waals surface area contributed by atoms with Gasteiger partial charge in [0.25, 0.3) is 0 Å². The average Bonchev–Trinajstić information content (AvgIpc) is 2.44. The van der Waals surface area contributed by atoms with Crippen LogP contribution < -0.4 is 5.32 Å². The fourth-order valence-corrected chi connectivity index (χ4v) is 2.76. The van der Waals surface area contributed by atoms with Gasteiger partial charge in [0.2, 0.25) is 5.91 Å². The maximum atomic E-state index is 12.3. The van der Waals surface area contributed by atoms with E-state index in [-0.39, 0.29) is 24.2 Å². The first kappa shape index (κ1) is 17.6. The standard InChI is InChI=1S/C14H18Cl2N2O.ClH/c1-18(14(19)10-5-3-7-17-8-10)9-11-4-2-6-12(15)13(11)16;/h2,4,6,10,17H,3,5,7-9H2,1H3;1H. The summed E-state index contributed by atoms with van der Waals surface area (Å²) < 4.78 is 0. The van der Waals surface area contributed by atoms with Gasteiger partial charge in [0.15, 0.2) is 0 Å². The lowest BCUT2D eigenvalue weighted by molar-refractivity contribution is -0.135. The first-order valence-corrected chi connectivity index (χ1v) is 7.23. The molecule has 1 aliphatic rings. The number of rotatable bonds is 3. The Morgan fingerprint density at radius 3 is 2.85 bits per heavy atom. The van der Waals surface area contributed by atoms with Gasteiger partial charge in [-0.15, -0.1) is 12.4 Å². The van der Waals surface area contributed by atoms with Gasteiger partial charge in [-0.05, 0) is 31.0 Å². The Hall–Kier alpha value is -0.480. The van der Waals surface area contributed by atoms with E-state index in [1.807, 2.05) is 19.2 Å². The highest BCUT2D eigenvalue weighted by molar-refractivity contribution is 6.42. The Morgan fingerprint density at radius 2 is 2.20 bits per heavy atom. The molecule has 0 saturated carbocycles. The van der Waals surface area contributed by atoms with Crippen LogP contribution in [0.3, 0.4) is 0 Å². The molecule has 2 rings (SSSR count). The molecule has 1 aromatic carbocycles. The average molecular weight is 338 g/mol. The van der Waals surface area contributed by atoms with E-state index in [1.54, 1.807) is 11.0 Å². The first-order valence-electron chi connectivity index (χ1n) is 6.48. The van der Waals surface area contributed by atoms with Crippen molar-refractivity contribution in [1.29, 1.82) is 0 Å². The second kappa shape index (κ2) is 8.08. The van der Waals surface area contributed by atoms with E-state index in [9.17, 15) is 4.79 Å². The number of benzene rings is 1. The van der Waals surface area contributed by atoms with Crippen molar-refractivity contribution in [2.24, 2.45) is 5.92 Å². The Labute approximate surface area is 136 Å². The van der Waals surface area contributed by atoms with Crippen molar-refractivity contribution in [2.75, 3.05) is 20.1 Å². The van der Waals surface area contributed by atoms with E-state index >= 15 is 0 Å². The molecule has 3 nitrogen and oxygen atoms in total. The molecule has 1 N–H and O–H groups in total. The molecular formula is C14H19Cl3N2O. The highest BCUT2D eigenvalue weighted by atomic mass is 35.5. The second-order valence-electron chi connectivity index (χ2n) is 4.95. The molecule has 0 aromatic heterocycles. The number of carbonyl (C=O) groups is 1. The number of amides is 1. The van der Waals surface area contributed by atoms with Crippen molar-refractivity contribution < 1.29 is 4.79 Å². The fourth-order valence-electron chi connectivity index (χ4n) is 2.38. The van der Waals surface area contributed by atoms with Crippen molar-refractivity contribution in [2.45, 2.75) is 19.4 Å². The Balaban J connectivity index is 0.00000200. The predicted octanol–water partition coefficient (Wildman–Crippen LogP) is 3.37. The summed E-state index contributed by atoms with van der Waals surface area (Å²) in [4.78, 5) is 14.0. The normalized spacial score (nSPS) is 18.2. The van der Waals surface area contributed by atoms with Crippen LogP contribution in [-0.2, 0) is 11.3 Å². The number of piperidine rings is 1. The Kier molecular flexibility index (Phi) is 7.10. The quantitative estimate of drug-likeness (QED) is 0.917. The lowest BCUT2D eigenvalue weighted by atomic mass is 9.98. The number of nitrogens with zero attached hydrogens (tertiary/aromatic N) is 1. The predicted molar refractivity (Wildman–Crippen MR) is 85.8 cm³/mol.